The number of oxazole rings is 1. The molecule has 0 aliphatic rings. The number of nitrogen functional groups attached to an aromatic ring is 1. The van der Waals surface area contributed by atoms with Crippen LogP contribution in [0.5, 0.6) is 11.5 Å². The number of hydrogen-bond acceptors (Lipinski definition) is 5. The lowest BCUT2D eigenvalue weighted by Gasteiger charge is -2.09. The molecule has 0 radical (unpaired) electrons. The van der Waals surface area contributed by atoms with E-state index >= 15 is 0 Å². The SMILES string of the molecule is CCc1oc(N)nc1-c1ccc(OC)cc1OC. The molecule has 0 fully saturated rings. The highest BCUT2D eigenvalue weighted by atomic mass is 16.5. The zero-order chi connectivity index (χ0) is 13.1. The summed E-state index contributed by atoms with van der Waals surface area (Å²) in [5, 5.41) is 0. The number of anilines is 1. The minimum Gasteiger partial charge on any atom is -0.497 e. The molecule has 96 valence electrons. The highest BCUT2D eigenvalue weighted by Crippen LogP contribution is 2.35. The molecule has 0 saturated carbocycles. The predicted molar refractivity (Wildman–Crippen MR) is 68.8 cm³/mol. The van der Waals surface area contributed by atoms with E-state index in [0.29, 0.717) is 12.2 Å². The zero-order valence-electron chi connectivity index (χ0n) is 10.7. The Labute approximate surface area is 106 Å². The molecule has 5 heteroatoms. The molecule has 0 spiro atoms. The van der Waals surface area contributed by atoms with Crippen molar-refractivity contribution in [2.75, 3.05) is 20.0 Å². The molecule has 0 aliphatic heterocycles. The molecule has 1 heterocycles. The Hall–Kier alpha value is -2.17. The van der Waals surface area contributed by atoms with Crippen molar-refractivity contribution in [2.24, 2.45) is 0 Å². The quantitative estimate of drug-likeness (QED) is 0.900. The first-order chi connectivity index (χ1) is 8.69. The fourth-order valence-electron chi connectivity index (χ4n) is 1.81. The minimum atomic E-state index is 0.166. The van der Waals surface area contributed by atoms with Crippen molar-refractivity contribution in [2.45, 2.75) is 13.3 Å². The molecule has 2 rings (SSSR count). The summed E-state index contributed by atoms with van der Waals surface area (Å²) in [6.07, 6.45) is 0.717. The van der Waals surface area contributed by atoms with Crippen LogP contribution in [0.3, 0.4) is 0 Å². The van der Waals surface area contributed by atoms with Gasteiger partial charge in [0.1, 0.15) is 23.0 Å². The third kappa shape index (κ3) is 2.11. The van der Waals surface area contributed by atoms with Crippen molar-refractivity contribution in [3.8, 4) is 22.8 Å². The number of ether oxygens (including phenoxy) is 2. The summed E-state index contributed by atoms with van der Waals surface area (Å²) >= 11 is 0. The Morgan fingerprint density at radius 2 is 2.06 bits per heavy atom. The Bertz CT molecular complexity index is 549. The van der Waals surface area contributed by atoms with Gasteiger partial charge in [0.15, 0.2) is 0 Å². The molecular weight excluding hydrogens is 232 g/mol. The summed E-state index contributed by atoms with van der Waals surface area (Å²) in [5.74, 6) is 2.15. The van der Waals surface area contributed by atoms with Gasteiger partial charge in [-0.25, -0.2) is 0 Å². The van der Waals surface area contributed by atoms with Gasteiger partial charge in [-0.15, -0.1) is 0 Å². The minimum absolute atomic E-state index is 0.166. The summed E-state index contributed by atoms with van der Waals surface area (Å²) in [6, 6.07) is 5.70. The summed E-state index contributed by atoms with van der Waals surface area (Å²) in [7, 11) is 3.22. The number of nitrogens with two attached hydrogens (primary N) is 1. The Morgan fingerprint density at radius 3 is 2.67 bits per heavy atom. The summed E-state index contributed by atoms with van der Waals surface area (Å²) < 4.78 is 15.9. The molecule has 2 aromatic rings. The maximum absolute atomic E-state index is 5.60. The molecule has 0 saturated heterocycles. The van der Waals surface area contributed by atoms with Crippen molar-refractivity contribution in [1.82, 2.24) is 4.98 Å². The smallest absolute Gasteiger partial charge is 0.292 e. The van der Waals surface area contributed by atoms with E-state index in [-0.39, 0.29) is 6.01 Å². The number of rotatable bonds is 4. The third-order valence-corrected chi connectivity index (χ3v) is 2.70. The molecule has 18 heavy (non-hydrogen) atoms. The van der Waals surface area contributed by atoms with Gasteiger partial charge in [-0.3, -0.25) is 0 Å². The average molecular weight is 248 g/mol. The second-order valence-corrected chi connectivity index (χ2v) is 3.74. The van der Waals surface area contributed by atoms with E-state index in [0.717, 1.165) is 22.8 Å². The van der Waals surface area contributed by atoms with Crippen LogP contribution in [0.15, 0.2) is 22.6 Å². The van der Waals surface area contributed by atoms with Gasteiger partial charge in [-0.05, 0) is 12.1 Å². The molecular formula is C13H16N2O3. The summed E-state index contributed by atoms with van der Waals surface area (Å²) in [6.45, 7) is 1.99. The number of nitrogens with zero attached hydrogens (tertiary/aromatic N) is 1. The van der Waals surface area contributed by atoms with Gasteiger partial charge >= 0.3 is 0 Å². The van der Waals surface area contributed by atoms with Crippen LogP contribution in [0, 0.1) is 0 Å². The standard InChI is InChI=1S/C13H16N2O3/c1-4-10-12(15-13(14)18-10)9-6-5-8(16-2)7-11(9)17-3/h5-7H,4H2,1-3H3,(H2,14,15). The van der Waals surface area contributed by atoms with E-state index in [1.54, 1.807) is 20.3 Å². The van der Waals surface area contributed by atoms with Crippen LogP contribution in [0.25, 0.3) is 11.3 Å². The largest absolute Gasteiger partial charge is 0.497 e. The van der Waals surface area contributed by atoms with Crippen LogP contribution < -0.4 is 15.2 Å². The Morgan fingerprint density at radius 1 is 1.28 bits per heavy atom. The number of methoxy groups -OCH3 is 2. The topological polar surface area (TPSA) is 70.5 Å². The van der Waals surface area contributed by atoms with Gasteiger partial charge in [-0.2, -0.15) is 4.98 Å². The van der Waals surface area contributed by atoms with E-state index in [9.17, 15) is 0 Å². The highest BCUT2D eigenvalue weighted by molar-refractivity contribution is 5.70. The van der Waals surface area contributed by atoms with Gasteiger partial charge in [0.2, 0.25) is 0 Å². The van der Waals surface area contributed by atoms with Gasteiger partial charge in [0, 0.05) is 18.1 Å². The van der Waals surface area contributed by atoms with Gasteiger partial charge in [0.25, 0.3) is 6.01 Å². The summed E-state index contributed by atoms with van der Waals surface area (Å²) in [5.41, 5.74) is 7.16. The molecule has 0 amide bonds. The van der Waals surface area contributed by atoms with Crippen LogP contribution in [-0.2, 0) is 6.42 Å². The molecule has 0 bridgehead atoms. The first-order valence-corrected chi connectivity index (χ1v) is 5.67. The third-order valence-electron chi connectivity index (χ3n) is 2.70. The normalized spacial score (nSPS) is 10.4. The van der Waals surface area contributed by atoms with Crippen LogP contribution in [0.1, 0.15) is 12.7 Å². The fourth-order valence-corrected chi connectivity index (χ4v) is 1.81. The van der Waals surface area contributed by atoms with E-state index in [1.165, 1.54) is 0 Å². The number of hydrogen-bond donors (Lipinski definition) is 1. The molecule has 0 unspecified atom stereocenters. The van der Waals surface area contributed by atoms with Crippen LogP contribution in [0.2, 0.25) is 0 Å². The molecule has 5 nitrogen and oxygen atoms in total. The van der Waals surface area contributed by atoms with Crippen molar-refractivity contribution >= 4 is 6.01 Å². The van der Waals surface area contributed by atoms with E-state index in [1.807, 2.05) is 19.1 Å². The Kier molecular flexibility index (Phi) is 3.41. The lowest BCUT2D eigenvalue weighted by molar-refractivity contribution is 0.395. The first-order valence-electron chi connectivity index (χ1n) is 5.67. The van der Waals surface area contributed by atoms with Gasteiger partial charge in [0.05, 0.1) is 14.2 Å². The number of benzene rings is 1. The maximum Gasteiger partial charge on any atom is 0.292 e. The predicted octanol–water partition coefficient (Wildman–Crippen LogP) is 2.50. The second kappa shape index (κ2) is 5.00. The van der Waals surface area contributed by atoms with Crippen molar-refractivity contribution in [3.05, 3.63) is 24.0 Å². The van der Waals surface area contributed by atoms with Crippen LogP contribution in [0.4, 0.5) is 6.01 Å². The number of aromatic nitrogens is 1. The van der Waals surface area contributed by atoms with Crippen molar-refractivity contribution < 1.29 is 13.9 Å². The zero-order valence-corrected chi connectivity index (χ0v) is 10.7. The molecule has 0 atom stereocenters. The lowest BCUT2D eigenvalue weighted by atomic mass is 10.1. The molecule has 2 N–H and O–H groups in total. The number of aryl methyl sites for hydroxylation is 1. The average Bonchev–Trinajstić information content (AvgIpc) is 2.78. The maximum atomic E-state index is 5.60. The van der Waals surface area contributed by atoms with E-state index < -0.39 is 0 Å². The van der Waals surface area contributed by atoms with Crippen LogP contribution >= 0.6 is 0 Å². The van der Waals surface area contributed by atoms with E-state index in [2.05, 4.69) is 4.98 Å². The first kappa shape index (κ1) is 12.3. The van der Waals surface area contributed by atoms with E-state index in [4.69, 9.17) is 19.6 Å². The fraction of sp³-hybridized carbons (Fsp3) is 0.308. The second-order valence-electron chi connectivity index (χ2n) is 3.74. The monoisotopic (exact) mass is 248 g/mol. The summed E-state index contributed by atoms with van der Waals surface area (Å²) in [4.78, 5) is 4.21. The van der Waals surface area contributed by atoms with Gasteiger partial charge < -0.3 is 19.6 Å². The lowest BCUT2D eigenvalue weighted by Crippen LogP contribution is -1.92. The highest BCUT2D eigenvalue weighted by Gasteiger charge is 2.16. The van der Waals surface area contributed by atoms with Crippen molar-refractivity contribution in [3.63, 3.8) is 0 Å². The molecule has 1 aromatic heterocycles. The van der Waals surface area contributed by atoms with Crippen LogP contribution in [-0.4, -0.2) is 19.2 Å². The van der Waals surface area contributed by atoms with Gasteiger partial charge in [-0.1, -0.05) is 6.92 Å². The molecule has 0 aliphatic carbocycles. The van der Waals surface area contributed by atoms with Crippen molar-refractivity contribution in [1.29, 1.82) is 0 Å². The Balaban J connectivity index is 2.55. The molecule has 1 aromatic carbocycles.